The van der Waals surface area contributed by atoms with Gasteiger partial charge in [0.05, 0.1) is 9.71 Å². The fraction of sp³-hybridized carbons (Fsp3) is 0.444. The predicted molar refractivity (Wildman–Crippen MR) is 50.7 cm³/mol. The highest BCUT2D eigenvalue weighted by atomic mass is 32.1. The van der Waals surface area contributed by atoms with Crippen molar-refractivity contribution in [2.24, 2.45) is 0 Å². The number of nitrogens with zero attached hydrogens (tertiary/aromatic N) is 1. The van der Waals surface area contributed by atoms with Crippen molar-refractivity contribution >= 4 is 21.8 Å². The summed E-state index contributed by atoms with van der Waals surface area (Å²) in [5.74, 6) is 1.07. The molecule has 0 atom stereocenters. The second kappa shape index (κ2) is 2.59. The lowest BCUT2D eigenvalue weighted by molar-refractivity contribution is 0.544. The third-order valence-corrected chi connectivity index (χ3v) is 3.07. The zero-order valence-corrected chi connectivity index (χ0v) is 8.29. The number of hydrogen-bond acceptors (Lipinski definition) is 3. The van der Waals surface area contributed by atoms with Crippen molar-refractivity contribution in [1.82, 2.24) is 4.98 Å². The molecular formula is C9H11NOS. The first-order valence-corrected chi connectivity index (χ1v) is 4.89. The van der Waals surface area contributed by atoms with Crippen LogP contribution in [-0.2, 0) is 6.42 Å². The fourth-order valence-corrected chi connectivity index (χ4v) is 2.24. The van der Waals surface area contributed by atoms with E-state index in [9.17, 15) is 0 Å². The summed E-state index contributed by atoms with van der Waals surface area (Å²) in [7, 11) is 0. The van der Waals surface area contributed by atoms with E-state index in [4.69, 9.17) is 4.42 Å². The van der Waals surface area contributed by atoms with Gasteiger partial charge in [0.25, 0.3) is 0 Å². The highest BCUT2D eigenvalue weighted by Gasteiger charge is 2.12. The SMILES string of the molecule is CCc1oc2nc(C)sc2c1C. The Bertz CT molecular complexity index is 413. The molecule has 0 radical (unpaired) electrons. The molecule has 0 amide bonds. The zero-order valence-electron chi connectivity index (χ0n) is 7.47. The number of furan rings is 1. The van der Waals surface area contributed by atoms with Crippen molar-refractivity contribution in [1.29, 1.82) is 0 Å². The Labute approximate surface area is 75.2 Å². The van der Waals surface area contributed by atoms with Crippen LogP contribution in [0.1, 0.15) is 23.3 Å². The van der Waals surface area contributed by atoms with E-state index in [1.54, 1.807) is 11.3 Å². The maximum Gasteiger partial charge on any atom is 0.237 e. The molecule has 0 aliphatic rings. The molecule has 0 unspecified atom stereocenters. The molecule has 3 heteroatoms. The summed E-state index contributed by atoms with van der Waals surface area (Å²) in [5, 5.41) is 1.08. The first-order chi connectivity index (χ1) is 5.72. The van der Waals surface area contributed by atoms with Crippen LogP contribution in [0.15, 0.2) is 4.42 Å². The summed E-state index contributed by atoms with van der Waals surface area (Å²) >= 11 is 1.71. The first-order valence-electron chi connectivity index (χ1n) is 4.07. The third-order valence-electron chi connectivity index (χ3n) is 2.00. The summed E-state index contributed by atoms with van der Waals surface area (Å²) in [6.45, 7) is 6.20. The lowest BCUT2D eigenvalue weighted by Gasteiger charge is -1.88. The molecule has 0 spiro atoms. The highest BCUT2D eigenvalue weighted by Crippen LogP contribution is 2.29. The Hall–Kier alpha value is -0.830. The van der Waals surface area contributed by atoms with E-state index in [1.165, 1.54) is 10.3 Å². The maximum absolute atomic E-state index is 5.57. The minimum absolute atomic E-state index is 0.812. The lowest BCUT2D eigenvalue weighted by atomic mass is 10.2. The summed E-state index contributed by atoms with van der Waals surface area (Å²) in [5.41, 5.74) is 2.07. The van der Waals surface area contributed by atoms with Gasteiger partial charge in [-0.1, -0.05) is 6.92 Å². The molecule has 0 aliphatic heterocycles. The molecule has 64 valence electrons. The average molecular weight is 181 g/mol. The molecule has 2 aromatic rings. The molecule has 2 aromatic heterocycles. The van der Waals surface area contributed by atoms with Gasteiger partial charge >= 0.3 is 0 Å². The Balaban J connectivity index is 2.74. The minimum atomic E-state index is 0.812. The predicted octanol–water partition coefficient (Wildman–Crippen LogP) is 3.07. The second-order valence-corrected chi connectivity index (χ2v) is 4.07. The van der Waals surface area contributed by atoms with Crippen molar-refractivity contribution in [2.75, 3.05) is 0 Å². The number of fused-ring (bicyclic) bond motifs is 1. The van der Waals surface area contributed by atoms with Gasteiger partial charge in [-0.25, -0.2) is 4.98 Å². The summed E-state index contributed by atoms with van der Waals surface area (Å²) in [6, 6.07) is 0. The van der Waals surface area contributed by atoms with Crippen LogP contribution in [0, 0.1) is 13.8 Å². The molecule has 2 nitrogen and oxygen atoms in total. The standard InChI is InChI=1S/C9H11NOS/c1-4-7-5(2)8-9(11-7)10-6(3)12-8/h4H2,1-3H3. The average Bonchev–Trinajstić information content (AvgIpc) is 2.51. The number of thiazole rings is 1. The molecule has 0 aliphatic carbocycles. The van der Waals surface area contributed by atoms with Gasteiger partial charge in [-0.3, -0.25) is 0 Å². The number of aromatic nitrogens is 1. The van der Waals surface area contributed by atoms with Crippen LogP contribution >= 0.6 is 11.3 Å². The van der Waals surface area contributed by atoms with Gasteiger partial charge in [-0.15, -0.1) is 11.3 Å². The van der Waals surface area contributed by atoms with Crippen LogP contribution < -0.4 is 0 Å². The van der Waals surface area contributed by atoms with Crippen molar-refractivity contribution in [2.45, 2.75) is 27.2 Å². The van der Waals surface area contributed by atoms with Crippen LogP contribution in [0.2, 0.25) is 0 Å². The summed E-state index contributed by atoms with van der Waals surface area (Å²) < 4.78 is 6.78. The van der Waals surface area contributed by atoms with Crippen LogP contribution in [-0.4, -0.2) is 4.98 Å². The number of hydrogen-bond donors (Lipinski definition) is 0. The van der Waals surface area contributed by atoms with E-state index in [0.717, 1.165) is 22.9 Å². The van der Waals surface area contributed by atoms with Crippen LogP contribution in [0.3, 0.4) is 0 Å². The van der Waals surface area contributed by atoms with Gasteiger partial charge in [-0.2, -0.15) is 0 Å². The smallest absolute Gasteiger partial charge is 0.237 e. The van der Waals surface area contributed by atoms with Crippen LogP contribution in [0.4, 0.5) is 0 Å². The van der Waals surface area contributed by atoms with E-state index in [2.05, 4.69) is 18.8 Å². The number of rotatable bonds is 1. The Morgan fingerprint density at radius 1 is 1.42 bits per heavy atom. The largest absolute Gasteiger partial charge is 0.442 e. The van der Waals surface area contributed by atoms with Crippen molar-refractivity contribution in [3.05, 3.63) is 16.3 Å². The monoisotopic (exact) mass is 181 g/mol. The van der Waals surface area contributed by atoms with Gasteiger partial charge in [0.15, 0.2) is 0 Å². The van der Waals surface area contributed by atoms with Gasteiger partial charge in [-0.05, 0) is 13.8 Å². The van der Waals surface area contributed by atoms with E-state index >= 15 is 0 Å². The fourth-order valence-electron chi connectivity index (χ4n) is 1.37. The summed E-state index contributed by atoms with van der Waals surface area (Å²) in [6.07, 6.45) is 0.952. The zero-order chi connectivity index (χ0) is 8.72. The molecule has 0 saturated heterocycles. The highest BCUT2D eigenvalue weighted by molar-refractivity contribution is 7.18. The molecule has 0 fully saturated rings. The molecule has 12 heavy (non-hydrogen) atoms. The van der Waals surface area contributed by atoms with E-state index < -0.39 is 0 Å². The molecule has 2 rings (SSSR count). The molecule has 2 heterocycles. The van der Waals surface area contributed by atoms with Gasteiger partial charge in [0.2, 0.25) is 5.71 Å². The van der Waals surface area contributed by atoms with E-state index in [-0.39, 0.29) is 0 Å². The number of aryl methyl sites for hydroxylation is 3. The maximum atomic E-state index is 5.57. The third kappa shape index (κ3) is 0.966. The quantitative estimate of drug-likeness (QED) is 0.675. The lowest BCUT2D eigenvalue weighted by Crippen LogP contribution is -1.76. The molecular weight excluding hydrogens is 170 g/mol. The van der Waals surface area contributed by atoms with Crippen molar-refractivity contribution in [3.63, 3.8) is 0 Å². The topological polar surface area (TPSA) is 26.0 Å². The Kier molecular flexibility index (Phi) is 1.68. The summed E-state index contributed by atoms with van der Waals surface area (Å²) in [4.78, 5) is 4.29. The van der Waals surface area contributed by atoms with Crippen LogP contribution in [0.25, 0.3) is 10.4 Å². The molecule has 0 saturated carbocycles. The van der Waals surface area contributed by atoms with Gasteiger partial charge in [0, 0.05) is 12.0 Å². The Morgan fingerprint density at radius 3 is 2.75 bits per heavy atom. The van der Waals surface area contributed by atoms with E-state index in [0.29, 0.717) is 0 Å². The van der Waals surface area contributed by atoms with Crippen LogP contribution in [0.5, 0.6) is 0 Å². The van der Waals surface area contributed by atoms with Gasteiger partial charge < -0.3 is 4.42 Å². The molecule has 0 aromatic carbocycles. The first kappa shape index (κ1) is 7.80. The van der Waals surface area contributed by atoms with Gasteiger partial charge in [0.1, 0.15) is 5.76 Å². The van der Waals surface area contributed by atoms with Crippen molar-refractivity contribution in [3.8, 4) is 0 Å². The molecule has 0 N–H and O–H groups in total. The normalized spacial score (nSPS) is 11.2. The molecule has 0 bridgehead atoms. The Morgan fingerprint density at radius 2 is 2.17 bits per heavy atom. The minimum Gasteiger partial charge on any atom is -0.442 e. The second-order valence-electron chi connectivity index (χ2n) is 2.87. The van der Waals surface area contributed by atoms with E-state index in [1.807, 2.05) is 6.92 Å². The van der Waals surface area contributed by atoms with Crippen molar-refractivity contribution < 1.29 is 4.42 Å².